The van der Waals surface area contributed by atoms with Gasteiger partial charge < -0.3 is 29.6 Å². The molecule has 2 aromatic carbocycles. The number of hydrogen-bond donors (Lipinski definition) is 3. The largest absolute Gasteiger partial charge is 0.480 e. The Hall–Kier alpha value is -3.85. The van der Waals surface area contributed by atoms with Gasteiger partial charge in [0.2, 0.25) is 0 Å². The number of amides is 1. The molecule has 2 unspecified atom stereocenters. The first-order valence-corrected chi connectivity index (χ1v) is 12.0. The monoisotopic (exact) mass is 496 g/mol. The number of carbonyl (C=O) groups excluding carboxylic acids is 2. The fraction of sp³-hybridized carbons (Fsp3) is 0.370. The van der Waals surface area contributed by atoms with Crippen molar-refractivity contribution in [2.24, 2.45) is 5.92 Å². The van der Waals surface area contributed by atoms with Crippen molar-refractivity contribution in [3.8, 4) is 5.75 Å². The molecule has 9 nitrogen and oxygen atoms in total. The highest BCUT2D eigenvalue weighted by molar-refractivity contribution is 5.85. The number of nitrogens with one attached hydrogen (secondary N) is 2. The average Bonchev–Trinajstić information content (AvgIpc) is 3.28. The minimum Gasteiger partial charge on any atom is -0.480 e. The summed E-state index contributed by atoms with van der Waals surface area (Å²) in [6, 6.07) is 13.0. The van der Waals surface area contributed by atoms with Gasteiger partial charge in [-0.2, -0.15) is 0 Å². The number of alkyl carbamates (subject to hydrolysis) is 1. The molecule has 0 radical (unpaired) electrons. The zero-order chi connectivity index (χ0) is 25.9. The summed E-state index contributed by atoms with van der Waals surface area (Å²) in [4.78, 5) is 39.3. The van der Waals surface area contributed by atoms with Crippen LogP contribution in [0.1, 0.15) is 37.8 Å². The number of hydrogen-bond acceptors (Lipinski definition) is 6. The number of carbonyl (C=O) groups is 3. The van der Waals surface area contributed by atoms with Gasteiger partial charge in [-0.1, -0.05) is 44.2 Å². The number of carboxylic acid groups (broad SMARTS) is 1. The second kappa shape index (κ2) is 13.3. The maximum atomic E-state index is 12.3. The molecule has 2 atom stereocenters. The fourth-order valence-corrected chi connectivity index (χ4v) is 3.55. The first kappa shape index (κ1) is 26.7. The van der Waals surface area contributed by atoms with Crippen LogP contribution in [0.3, 0.4) is 0 Å². The highest BCUT2D eigenvalue weighted by Crippen LogP contribution is 2.19. The third kappa shape index (κ3) is 7.84. The van der Waals surface area contributed by atoms with Gasteiger partial charge in [-0.15, -0.1) is 0 Å². The Labute approximate surface area is 209 Å². The Morgan fingerprint density at radius 3 is 2.53 bits per heavy atom. The molecule has 0 aliphatic rings. The summed E-state index contributed by atoms with van der Waals surface area (Å²) in [6.45, 7) is 4.93. The number of aromatic amines is 1. The van der Waals surface area contributed by atoms with E-state index in [0.717, 1.165) is 22.9 Å². The molecule has 1 amide bonds. The van der Waals surface area contributed by atoms with Gasteiger partial charge in [0.1, 0.15) is 18.4 Å². The van der Waals surface area contributed by atoms with E-state index in [9.17, 15) is 19.5 Å². The van der Waals surface area contributed by atoms with Crippen LogP contribution < -0.4 is 10.1 Å². The van der Waals surface area contributed by atoms with Crippen molar-refractivity contribution in [3.63, 3.8) is 0 Å². The number of carboxylic acids is 1. The Morgan fingerprint density at radius 2 is 1.81 bits per heavy atom. The summed E-state index contributed by atoms with van der Waals surface area (Å²) in [5, 5.41) is 12.9. The summed E-state index contributed by atoms with van der Waals surface area (Å²) < 4.78 is 16.0. The molecule has 3 aromatic rings. The molecule has 192 valence electrons. The van der Waals surface area contributed by atoms with E-state index in [0.29, 0.717) is 30.9 Å². The predicted molar refractivity (Wildman–Crippen MR) is 134 cm³/mol. The first-order chi connectivity index (χ1) is 17.4. The normalized spacial score (nSPS) is 12.6. The summed E-state index contributed by atoms with van der Waals surface area (Å²) in [6.07, 6.45) is 2.52. The third-order valence-corrected chi connectivity index (χ3v) is 5.65. The first-order valence-electron chi connectivity index (χ1n) is 12.0. The van der Waals surface area contributed by atoms with Crippen LogP contribution >= 0.6 is 0 Å². The van der Waals surface area contributed by atoms with Crippen LogP contribution in [0.25, 0.3) is 10.9 Å². The molecule has 36 heavy (non-hydrogen) atoms. The summed E-state index contributed by atoms with van der Waals surface area (Å²) in [5.74, 6) is -1.40. The van der Waals surface area contributed by atoms with Gasteiger partial charge in [0.15, 0.2) is 0 Å². The molecule has 3 N–H and O–H groups in total. The second-order valence-corrected chi connectivity index (χ2v) is 8.54. The molecule has 0 aliphatic carbocycles. The van der Waals surface area contributed by atoms with Crippen molar-refractivity contribution < 1.29 is 33.7 Å². The van der Waals surface area contributed by atoms with Crippen molar-refractivity contribution in [3.05, 3.63) is 65.9 Å². The topological polar surface area (TPSA) is 127 Å². The number of benzene rings is 2. The van der Waals surface area contributed by atoms with E-state index < -0.39 is 18.1 Å². The number of aliphatic carboxylic acids is 1. The number of para-hydroxylation sites is 1. The lowest BCUT2D eigenvalue weighted by Gasteiger charge is -2.14. The molecular weight excluding hydrogens is 464 g/mol. The minimum atomic E-state index is -1.16. The lowest BCUT2D eigenvalue weighted by Crippen LogP contribution is -2.42. The second-order valence-electron chi connectivity index (χ2n) is 8.54. The standard InChI is InChI=1S/C27H32N2O7/c1-3-13-34-14-12-18(2)26(32)36-21-10-8-19(9-11-21)17-35-27(33)29-24(25(30)31)15-20-16-28-23-7-5-4-6-22(20)23/h4-11,16,18,24,28H,3,12-15,17H2,1-2H3,(H,29,33)(H,30,31). The summed E-state index contributed by atoms with van der Waals surface area (Å²) in [7, 11) is 0. The smallest absolute Gasteiger partial charge is 0.408 e. The Balaban J connectivity index is 1.46. The molecular formula is C27H32N2O7. The van der Waals surface area contributed by atoms with Gasteiger partial charge in [0.05, 0.1) is 5.92 Å². The van der Waals surface area contributed by atoms with Gasteiger partial charge in [0, 0.05) is 36.7 Å². The van der Waals surface area contributed by atoms with Crippen LogP contribution in [0.4, 0.5) is 4.79 Å². The van der Waals surface area contributed by atoms with Crippen molar-refractivity contribution in [1.82, 2.24) is 10.3 Å². The zero-order valence-electron chi connectivity index (χ0n) is 20.5. The molecule has 0 fully saturated rings. The molecule has 1 aromatic heterocycles. The van der Waals surface area contributed by atoms with Crippen LogP contribution in [0.15, 0.2) is 54.7 Å². The molecule has 0 saturated heterocycles. The zero-order valence-corrected chi connectivity index (χ0v) is 20.5. The summed E-state index contributed by atoms with van der Waals surface area (Å²) in [5.41, 5.74) is 2.34. The van der Waals surface area contributed by atoms with E-state index >= 15 is 0 Å². The molecule has 0 saturated carbocycles. The van der Waals surface area contributed by atoms with Gasteiger partial charge in [-0.25, -0.2) is 9.59 Å². The Morgan fingerprint density at radius 1 is 1.06 bits per heavy atom. The van der Waals surface area contributed by atoms with Crippen LogP contribution in [0.5, 0.6) is 5.75 Å². The average molecular weight is 497 g/mol. The lowest BCUT2D eigenvalue weighted by atomic mass is 10.1. The van der Waals surface area contributed by atoms with Crippen molar-refractivity contribution >= 4 is 28.9 Å². The SMILES string of the molecule is CCCOCCC(C)C(=O)Oc1ccc(COC(=O)NC(Cc2c[nH]c3ccccc23)C(=O)O)cc1. The fourth-order valence-electron chi connectivity index (χ4n) is 3.55. The van der Waals surface area contributed by atoms with Crippen molar-refractivity contribution in [1.29, 1.82) is 0 Å². The van der Waals surface area contributed by atoms with Gasteiger partial charge in [-0.3, -0.25) is 4.79 Å². The Bertz CT molecular complexity index is 1160. The van der Waals surface area contributed by atoms with E-state index in [-0.39, 0.29) is 24.9 Å². The molecule has 1 heterocycles. The van der Waals surface area contributed by atoms with E-state index in [2.05, 4.69) is 10.3 Å². The molecule has 0 bridgehead atoms. The van der Waals surface area contributed by atoms with Crippen LogP contribution in [-0.4, -0.2) is 47.4 Å². The highest BCUT2D eigenvalue weighted by atomic mass is 16.5. The molecule has 0 aliphatic heterocycles. The minimum absolute atomic E-state index is 0.0648. The van der Waals surface area contributed by atoms with Gasteiger partial charge in [0.25, 0.3) is 0 Å². The van der Waals surface area contributed by atoms with Gasteiger partial charge in [-0.05, 0) is 42.2 Å². The van der Waals surface area contributed by atoms with Crippen molar-refractivity contribution in [2.75, 3.05) is 13.2 Å². The molecule has 0 spiro atoms. The number of ether oxygens (including phenoxy) is 3. The Kier molecular flexibility index (Phi) is 9.88. The predicted octanol–water partition coefficient (Wildman–Crippen LogP) is 4.45. The molecule has 9 heteroatoms. The number of rotatable bonds is 13. The lowest BCUT2D eigenvalue weighted by molar-refractivity contribution is -0.140. The third-order valence-electron chi connectivity index (χ3n) is 5.65. The van der Waals surface area contributed by atoms with E-state index in [4.69, 9.17) is 14.2 Å². The van der Waals surface area contributed by atoms with Crippen LogP contribution in [0, 0.1) is 5.92 Å². The van der Waals surface area contributed by atoms with Crippen LogP contribution in [-0.2, 0) is 32.1 Å². The van der Waals surface area contributed by atoms with Crippen molar-refractivity contribution in [2.45, 2.75) is 45.8 Å². The molecule has 3 rings (SSSR count). The van der Waals surface area contributed by atoms with E-state index in [1.165, 1.54) is 0 Å². The van der Waals surface area contributed by atoms with E-state index in [1.54, 1.807) is 37.4 Å². The number of aromatic nitrogens is 1. The maximum absolute atomic E-state index is 12.3. The van der Waals surface area contributed by atoms with Gasteiger partial charge >= 0.3 is 18.0 Å². The van der Waals surface area contributed by atoms with E-state index in [1.807, 2.05) is 31.2 Å². The quantitative estimate of drug-likeness (QED) is 0.181. The maximum Gasteiger partial charge on any atom is 0.408 e. The summed E-state index contributed by atoms with van der Waals surface area (Å²) >= 11 is 0. The van der Waals surface area contributed by atoms with Crippen LogP contribution in [0.2, 0.25) is 0 Å². The number of H-pyrrole nitrogens is 1. The number of fused-ring (bicyclic) bond motifs is 1. The highest BCUT2D eigenvalue weighted by Gasteiger charge is 2.22. The number of esters is 1.